The van der Waals surface area contributed by atoms with Crippen molar-refractivity contribution in [3.8, 4) is 0 Å². The van der Waals surface area contributed by atoms with Gasteiger partial charge in [-0.15, -0.1) is 0 Å². The van der Waals surface area contributed by atoms with E-state index in [9.17, 15) is 13.2 Å². The van der Waals surface area contributed by atoms with Gasteiger partial charge in [0.2, 0.25) is 0 Å². The second-order valence-corrected chi connectivity index (χ2v) is 8.75. The zero-order valence-electron chi connectivity index (χ0n) is 15.8. The van der Waals surface area contributed by atoms with Crippen LogP contribution in [0.4, 0.5) is 5.69 Å². The summed E-state index contributed by atoms with van der Waals surface area (Å²) in [6, 6.07) is 12.3. The molecule has 1 aliphatic carbocycles. The molecule has 0 aliphatic heterocycles. The highest BCUT2D eigenvalue weighted by Gasteiger charge is 2.20. The number of carbonyl (C=O) groups excluding carboxylic acids is 1. The molecule has 0 radical (unpaired) electrons. The molecule has 2 aromatic rings. The Morgan fingerprint density at radius 3 is 2.52 bits per heavy atom. The van der Waals surface area contributed by atoms with Gasteiger partial charge in [0.1, 0.15) is 0 Å². The summed E-state index contributed by atoms with van der Waals surface area (Å²) in [5.74, 6) is -0.0895. The van der Waals surface area contributed by atoms with Crippen molar-refractivity contribution in [2.75, 3.05) is 11.3 Å². The summed E-state index contributed by atoms with van der Waals surface area (Å²) in [4.78, 5) is 11.5. The topological polar surface area (TPSA) is 75.3 Å². The molecule has 3 rings (SSSR count). The minimum absolute atomic E-state index is 0.0895. The molecule has 0 bridgehead atoms. The van der Waals surface area contributed by atoms with E-state index in [1.807, 2.05) is 18.2 Å². The highest BCUT2D eigenvalue weighted by molar-refractivity contribution is 7.92. The summed E-state index contributed by atoms with van der Waals surface area (Å²) in [6.45, 7) is 4.65. The number of carbonyl (C=O) groups is 1. The molecule has 0 saturated carbocycles. The van der Waals surface area contributed by atoms with Gasteiger partial charge < -0.3 is 5.32 Å². The number of nitrogens with one attached hydrogen (secondary N) is 2. The fourth-order valence-corrected chi connectivity index (χ4v) is 4.47. The van der Waals surface area contributed by atoms with Gasteiger partial charge in [-0.3, -0.25) is 9.52 Å². The molecule has 0 aromatic heterocycles. The highest BCUT2D eigenvalue weighted by atomic mass is 32.2. The second kappa shape index (κ2) is 8.23. The van der Waals surface area contributed by atoms with Gasteiger partial charge in [-0.1, -0.05) is 25.1 Å². The van der Waals surface area contributed by atoms with Crippen LogP contribution in [0.5, 0.6) is 0 Å². The first-order valence-electron chi connectivity index (χ1n) is 9.38. The van der Waals surface area contributed by atoms with Gasteiger partial charge in [0.05, 0.1) is 4.90 Å². The molecular weight excluding hydrogens is 360 g/mol. The number of hydrogen-bond acceptors (Lipinski definition) is 4. The summed E-state index contributed by atoms with van der Waals surface area (Å²) < 4.78 is 27.9. The molecule has 0 amide bonds. The Labute approximate surface area is 161 Å². The maximum absolute atomic E-state index is 12.6. The summed E-state index contributed by atoms with van der Waals surface area (Å²) in [5.41, 5.74) is 3.55. The molecule has 5 nitrogen and oxygen atoms in total. The molecule has 27 heavy (non-hydrogen) atoms. The van der Waals surface area contributed by atoms with E-state index in [0.29, 0.717) is 17.3 Å². The lowest BCUT2D eigenvalue weighted by Gasteiger charge is -2.26. The number of fused-ring (bicyclic) bond motifs is 1. The van der Waals surface area contributed by atoms with E-state index in [1.165, 1.54) is 42.3 Å². The van der Waals surface area contributed by atoms with E-state index in [2.05, 4.69) is 17.0 Å². The predicted molar refractivity (Wildman–Crippen MR) is 108 cm³/mol. The van der Waals surface area contributed by atoms with Crippen molar-refractivity contribution in [3.05, 3.63) is 59.2 Å². The first kappa shape index (κ1) is 19.6. The number of aryl methyl sites for hydroxylation is 1. The Hall–Kier alpha value is -2.18. The van der Waals surface area contributed by atoms with E-state index in [4.69, 9.17) is 0 Å². The van der Waals surface area contributed by atoms with E-state index in [-0.39, 0.29) is 10.7 Å². The van der Waals surface area contributed by atoms with Gasteiger partial charge in [0.25, 0.3) is 10.0 Å². The van der Waals surface area contributed by atoms with Crippen molar-refractivity contribution >= 4 is 21.5 Å². The van der Waals surface area contributed by atoms with E-state index in [1.54, 1.807) is 0 Å². The second-order valence-electron chi connectivity index (χ2n) is 7.06. The number of sulfonamides is 1. The largest absolute Gasteiger partial charge is 0.314 e. The zero-order chi connectivity index (χ0) is 19.4. The molecule has 2 N–H and O–H groups in total. The third kappa shape index (κ3) is 4.76. The van der Waals surface area contributed by atoms with Crippen molar-refractivity contribution in [2.24, 2.45) is 0 Å². The first-order valence-corrected chi connectivity index (χ1v) is 10.9. The molecular formula is C21H26N2O3S. The zero-order valence-corrected chi connectivity index (χ0v) is 16.6. The Bertz CT molecular complexity index is 921. The molecule has 144 valence electrons. The van der Waals surface area contributed by atoms with E-state index < -0.39 is 10.0 Å². The van der Waals surface area contributed by atoms with Gasteiger partial charge in [-0.05, 0) is 74.5 Å². The summed E-state index contributed by atoms with van der Waals surface area (Å²) in [6.07, 6.45) is 4.11. The molecule has 1 atom stereocenters. The Balaban J connectivity index is 1.73. The summed E-state index contributed by atoms with van der Waals surface area (Å²) in [5, 5.41) is 3.56. The molecule has 2 aromatic carbocycles. The lowest BCUT2D eigenvalue weighted by Crippen LogP contribution is -2.35. The lowest BCUT2D eigenvalue weighted by molar-refractivity contribution is 0.101. The molecule has 0 heterocycles. The maximum Gasteiger partial charge on any atom is 0.261 e. The van der Waals surface area contributed by atoms with Crippen LogP contribution in [0.3, 0.4) is 0 Å². The average Bonchev–Trinajstić information content (AvgIpc) is 2.66. The Kier molecular flexibility index (Phi) is 5.97. The van der Waals surface area contributed by atoms with Crippen LogP contribution in [-0.2, 0) is 22.9 Å². The first-order chi connectivity index (χ1) is 12.9. The number of Topliss-reactive ketones (excluding diaryl/α,β-unsaturated/α-hetero) is 1. The number of hydrogen-bond donors (Lipinski definition) is 2. The van der Waals surface area contributed by atoms with Crippen LogP contribution in [0.15, 0.2) is 47.4 Å². The number of ketones is 1. The molecule has 0 saturated heterocycles. The van der Waals surface area contributed by atoms with Crippen molar-refractivity contribution in [1.82, 2.24) is 5.32 Å². The van der Waals surface area contributed by atoms with Gasteiger partial charge in [0, 0.05) is 17.3 Å². The monoisotopic (exact) mass is 386 g/mol. The van der Waals surface area contributed by atoms with Crippen molar-refractivity contribution in [2.45, 2.75) is 50.5 Å². The third-order valence-corrected chi connectivity index (χ3v) is 6.34. The SMILES string of the molecule is CCCN[C@H]1CCc2cc(NS(=O)(=O)c3ccc(C(C)=O)cc3)ccc2C1. The van der Waals surface area contributed by atoms with Gasteiger partial charge in [-0.25, -0.2) is 8.42 Å². The molecule has 1 aliphatic rings. The summed E-state index contributed by atoms with van der Waals surface area (Å²) >= 11 is 0. The predicted octanol–water partition coefficient (Wildman–Crippen LogP) is 3.55. The van der Waals surface area contributed by atoms with Crippen molar-refractivity contribution in [3.63, 3.8) is 0 Å². The third-order valence-electron chi connectivity index (χ3n) is 4.94. The van der Waals surface area contributed by atoms with Crippen molar-refractivity contribution in [1.29, 1.82) is 0 Å². The smallest absolute Gasteiger partial charge is 0.261 e. The minimum Gasteiger partial charge on any atom is -0.314 e. The standard InChI is InChI=1S/C21H26N2O3S/c1-3-12-22-19-8-4-18-14-20(9-5-17(18)13-19)23-27(25,26)21-10-6-16(7-11-21)15(2)24/h5-7,9-11,14,19,22-23H,3-4,8,12-13H2,1-2H3/t19-/m0/s1. The number of anilines is 1. The van der Waals surface area contributed by atoms with E-state index in [0.717, 1.165) is 32.2 Å². The number of benzene rings is 2. The quantitative estimate of drug-likeness (QED) is 0.714. The number of rotatable bonds is 7. The normalized spacial score (nSPS) is 16.6. The van der Waals surface area contributed by atoms with Crippen LogP contribution in [0.2, 0.25) is 0 Å². The minimum atomic E-state index is -3.68. The van der Waals surface area contributed by atoms with Crippen LogP contribution < -0.4 is 10.0 Å². The van der Waals surface area contributed by atoms with Crippen LogP contribution in [-0.4, -0.2) is 26.8 Å². The fraction of sp³-hybridized carbons (Fsp3) is 0.381. The molecule has 0 fully saturated rings. The Morgan fingerprint density at radius 2 is 1.85 bits per heavy atom. The average molecular weight is 387 g/mol. The van der Waals surface area contributed by atoms with E-state index >= 15 is 0 Å². The van der Waals surface area contributed by atoms with Gasteiger partial charge >= 0.3 is 0 Å². The van der Waals surface area contributed by atoms with Crippen molar-refractivity contribution < 1.29 is 13.2 Å². The van der Waals surface area contributed by atoms with Crippen LogP contribution >= 0.6 is 0 Å². The van der Waals surface area contributed by atoms with Crippen LogP contribution in [0.1, 0.15) is 48.2 Å². The highest BCUT2D eigenvalue weighted by Crippen LogP contribution is 2.26. The lowest BCUT2D eigenvalue weighted by atomic mass is 9.88. The van der Waals surface area contributed by atoms with Crippen LogP contribution in [0, 0.1) is 0 Å². The summed E-state index contributed by atoms with van der Waals surface area (Å²) in [7, 11) is -3.68. The maximum atomic E-state index is 12.6. The Morgan fingerprint density at radius 1 is 1.11 bits per heavy atom. The molecule has 6 heteroatoms. The van der Waals surface area contributed by atoms with Crippen LogP contribution in [0.25, 0.3) is 0 Å². The molecule has 0 spiro atoms. The van der Waals surface area contributed by atoms with Gasteiger partial charge in [0.15, 0.2) is 5.78 Å². The fourth-order valence-electron chi connectivity index (χ4n) is 3.42. The molecule has 0 unspecified atom stereocenters. The van der Waals surface area contributed by atoms with Gasteiger partial charge in [-0.2, -0.15) is 0 Å².